The molecule has 0 N–H and O–H groups in total. The maximum absolute atomic E-state index is 11.3. The summed E-state index contributed by atoms with van der Waals surface area (Å²) in [5.41, 5.74) is 3.88. The number of hydrogen-bond donors (Lipinski definition) is 0. The van der Waals surface area contributed by atoms with Gasteiger partial charge in [0.15, 0.2) is 0 Å². The average Bonchev–Trinajstić information content (AvgIpc) is 2.78. The lowest BCUT2D eigenvalue weighted by Crippen LogP contribution is -2.10. The SMILES string of the molecule is O=CC1Cc2ccccc2C1c1ccccc1. The van der Waals surface area contributed by atoms with Crippen molar-refractivity contribution in [1.29, 1.82) is 0 Å². The van der Waals surface area contributed by atoms with Crippen molar-refractivity contribution in [3.63, 3.8) is 0 Å². The van der Waals surface area contributed by atoms with Crippen molar-refractivity contribution in [1.82, 2.24) is 0 Å². The van der Waals surface area contributed by atoms with E-state index < -0.39 is 0 Å². The summed E-state index contributed by atoms with van der Waals surface area (Å²) in [6, 6.07) is 18.7. The van der Waals surface area contributed by atoms with Crippen LogP contribution in [-0.2, 0) is 11.2 Å². The van der Waals surface area contributed by atoms with E-state index in [1.807, 2.05) is 24.3 Å². The van der Waals surface area contributed by atoms with E-state index in [9.17, 15) is 4.79 Å². The molecule has 0 radical (unpaired) electrons. The molecule has 1 aliphatic carbocycles. The Morgan fingerprint density at radius 3 is 2.41 bits per heavy atom. The van der Waals surface area contributed by atoms with E-state index in [1.54, 1.807) is 0 Å². The Bertz CT molecular complexity index is 530. The zero-order chi connectivity index (χ0) is 11.7. The molecule has 0 aromatic heterocycles. The molecule has 2 atom stereocenters. The molecule has 1 aliphatic rings. The van der Waals surface area contributed by atoms with Crippen LogP contribution >= 0.6 is 0 Å². The summed E-state index contributed by atoms with van der Waals surface area (Å²) in [6.45, 7) is 0. The maximum Gasteiger partial charge on any atom is 0.124 e. The second-order valence-electron chi connectivity index (χ2n) is 4.59. The van der Waals surface area contributed by atoms with Gasteiger partial charge < -0.3 is 4.79 Å². The molecule has 1 heteroatoms. The Balaban J connectivity index is 2.11. The van der Waals surface area contributed by atoms with Crippen molar-refractivity contribution >= 4 is 6.29 Å². The fraction of sp³-hybridized carbons (Fsp3) is 0.188. The van der Waals surface area contributed by atoms with Gasteiger partial charge >= 0.3 is 0 Å². The number of hydrogen-bond acceptors (Lipinski definition) is 1. The van der Waals surface area contributed by atoms with Gasteiger partial charge in [0.05, 0.1) is 0 Å². The van der Waals surface area contributed by atoms with Crippen LogP contribution in [0, 0.1) is 5.92 Å². The zero-order valence-electron chi connectivity index (χ0n) is 9.54. The normalized spacial score (nSPS) is 22.1. The summed E-state index contributed by atoms with van der Waals surface area (Å²) in [6.07, 6.45) is 1.98. The topological polar surface area (TPSA) is 17.1 Å². The molecule has 0 aliphatic heterocycles. The van der Waals surface area contributed by atoms with Gasteiger partial charge in [-0.2, -0.15) is 0 Å². The molecule has 17 heavy (non-hydrogen) atoms. The van der Waals surface area contributed by atoms with E-state index in [0.717, 1.165) is 12.7 Å². The van der Waals surface area contributed by atoms with Crippen molar-refractivity contribution in [3.05, 3.63) is 71.3 Å². The quantitative estimate of drug-likeness (QED) is 0.713. The first-order chi connectivity index (χ1) is 8.40. The van der Waals surface area contributed by atoms with Crippen molar-refractivity contribution < 1.29 is 4.79 Å². The summed E-state index contributed by atoms with van der Waals surface area (Å²) in [5.74, 6) is 0.333. The molecule has 2 aromatic carbocycles. The lowest BCUT2D eigenvalue weighted by Gasteiger charge is -2.16. The second kappa shape index (κ2) is 4.17. The van der Waals surface area contributed by atoms with Crippen LogP contribution in [0.2, 0.25) is 0 Å². The number of carbonyl (C=O) groups excluding carboxylic acids is 1. The summed E-state index contributed by atoms with van der Waals surface area (Å²) < 4.78 is 0. The highest BCUT2D eigenvalue weighted by Crippen LogP contribution is 2.41. The van der Waals surface area contributed by atoms with Crippen molar-refractivity contribution in [2.45, 2.75) is 12.3 Å². The number of aldehydes is 1. The minimum atomic E-state index is 0.0924. The number of carbonyl (C=O) groups is 1. The van der Waals surface area contributed by atoms with E-state index in [-0.39, 0.29) is 11.8 Å². The van der Waals surface area contributed by atoms with Gasteiger partial charge in [0, 0.05) is 11.8 Å². The molecule has 0 fully saturated rings. The first-order valence-electron chi connectivity index (χ1n) is 5.98. The van der Waals surface area contributed by atoms with Crippen molar-refractivity contribution in [2.24, 2.45) is 5.92 Å². The molecule has 0 spiro atoms. The lowest BCUT2D eigenvalue weighted by atomic mass is 9.87. The largest absolute Gasteiger partial charge is 0.303 e. The fourth-order valence-electron chi connectivity index (χ4n) is 2.84. The lowest BCUT2D eigenvalue weighted by molar-refractivity contribution is -0.111. The average molecular weight is 222 g/mol. The standard InChI is InChI=1S/C16H14O/c17-11-14-10-13-8-4-5-9-15(13)16(14)12-6-2-1-3-7-12/h1-9,11,14,16H,10H2. The molecule has 84 valence electrons. The van der Waals surface area contributed by atoms with E-state index in [0.29, 0.717) is 0 Å². The van der Waals surface area contributed by atoms with Crippen molar-refractivity contribution in [2.75, 3.05) is 0 Å². The molecule has 0 saturated carbocycles. The molecule has 3 rings (SSSR count). The van der Waals surface area contributed by atoms with Crippen LogP contribution in [0.1, 0.15) is 22.6 Å². The maximum atomic E-state index is 11.3. The molecule has 0 saturated heterocycles. The molecule has 2 aromatic rings. The first-order valence-corrected chi connectivity index (χ1v) is 5.98. The summed E-state index contributed by atoms with van der Waals surface area (Å²) in [4.78, 5) is 11.3. The van der Waals surface area contributed by atoms with Crippen molar-refractivity contribution in [3.8, 4) is 0 Å². The van der Waals surface area contributed by atoms with E-state index in [2.05, 4.69) is 30.3 Å². The fourth-order valence-corrected chi connectivity index (χ4v) is 2.84. The van der Waals surface area contributed by atoms with E-state index in [4.69, 9.17) is 0 Å². The Morgan fingerprint density at radius 1 is 0.941 bits per heavy atom. The molecule has 0 bridgehead atoms. The second-order valence-corrected chi connectivity index (χ2v) is 4.59. The molecule has 1 nitrogen and oxygen atoms in total. The summed E-state index contributed by atoms with van der Waals surface area (Å²) in [5, 5.41) is 0. The number of rotatable bonds is 2. The third-order valence-electron chi connectivity index (χ3n) is 3.61. The number of fused-ring (bicyclic) bond motifs is 1. The van der Waals surface area contributed by atoms with Gasteiger partial charge in [-0.05, 0) is 23.1 Å². The Hall–Kier alpha value is -1.89. The van der Waals surface area contributed by atoms with Gasteiger partial charge in [-0.25, -0.2) is 0 Å². The predicted octanol–water partition coefficient (Wildman–Crippen LogP) is 3.19. The molecular formula is C16H14O. The summed E-state index contributed by atoms with van der Waals surface area (Å²) in [7, 11) is 0. The zero-order valence-corrected chi connectivity index (χ0v) is 9.54. The minimum Gasteiger partial charge on any atom is -0.303 e. The highest BCUT2D eigenvalue weighted by Gasteiger charge is 2.32. The van der Waals surface area contributed by atoms with Crippen LogP contribution in [-0.4, -0.2) is 6.29 Å². The Labute approximate surface area is 101 Å². The van der Waals surface area contributed by atoms with Crippen LogP contribution in [0.25, 0.3) is 0 Å². The monoisotopic (exact) mass is 222 g/mol. The molecular weight excluding hydrogens is 208 g/mol. The highest BCUT2D eigenvalue weighted by atomic mass is 16.1. The van der Waals surface area contributed by atoms with Gasteiger partial charge in [0.25, 0.3) is 0 Å². The summed E-state index contributed by atoms with van der Waals surface area (Å²) >= 11 is 0. The predicted molar refractivity (Wildman–Crippen MR) is 68.0 cm³/mol. The third kappa shape index (κ3) is 1.68. The molecule has 2 unspecified atom stereocenters. The van der Waals surface area contributed by atoms with Crippen LogP contribution in [0.15, 0.2) is 54.6 Å². The van der Waals surface area contributed by atoms with Gasteiger partial charge in [-0.1, -0.05) is 54.6 Å². The van der Waals surface area contributed by atoms with Gasteiger partial charge in [-0.15, -0.1) is 0 Å². The highest BCUT2D eigenvalue weighted by molar-refractivity contribution is 5.62. The molecule has 0 amide bonds. The van der Waals surface area contributed by atoms with E-state index >= 15 is 0 Å². The van der Waals surface area contributed by atoms with Gasteiger partial charge in [-0.3, -0.25) is 0 Å². The smallest absolute Gasteiger partial charge is 0.124 e. The van der Waals surface area contributed by atoms with E-state index in [1.165, 1.54) is 16.7 Å². The van der Waals surface area contributed by atoms with Gasteiger partial charge in [0.2, 0.25) is 0 Å². The Kier molecular flexibility index (Phi) is 2.52. The minimum absolute atomic E-state index is 0.0924. The van der Waals surface area contributed by atoms with Gasteiger partial charge in [0.1, 0.15) is 6.29 Å². The van der Waals surface area contributed by atoms with Crippen LogP contribution in [0.5, 0.6) is 0 Å². The number of benzene rings is 2. The molecule has 0 heterocycles. The first kappa shape index (κ1) is 10.3. The third-order valence-corrected chi connectivity index (χ3v) is 3.61. The van der Waals surface area contributed by atoms with Crippen LogP contribution in [0.4, 0.5) is 0 Å². The van der Waals surface area contributed by atoms with Crippen LogP contribution < -0.4 is 0 Å². The Morgan fingerprint density at radius 2 is 1.65 bits per heavy atom. The van der Waals surface area contributed by atoms with Crippen LogP contribution in [0.3, 0.4) is 0 Å².